The molecule has 0 aliphatic carbocycles. The van der Waals surface area contributed by atoms with E-state index in [1.165, 1.54) is 11.6 Å². The van der Waals surface area contributed by atoms with Gasteiger partial charge in [0.25, 0.3) is 0 Å². The summed E-state index contributed by atoms with van der Waals surface area (Å²) in [5.74, 6) is 0.469. The van der Waals surface area contributed by atoms with Crippen molar-refractivity contribution < 1.29 is 18.4 Å². The van der Waals surface area contributed by atoms with Gasteiger partial charge in [-0.05, 0) is 6.42 Å². The van der Waals surface area contributed by atoms with Crippen LogP contribution < -0.4 is 5.32 Å². The Balaban J connectivity index is 2.62. The molecule has 2 atom stereocenters. The third-order valence-corrected chi connectivity index (χ3v) is 5.09. The van der Waals surface area contributed by atoms with Gasteiger partial charge in [-0.15, -0.1) is 23.2 Å². The van der Waals surface area contributed by atoms with Crippen LogP contribution in [0.15, 0.2) is 0 Å². The fourth-order valence-electron chi connectivity index (χ4n) is 1.67. The van der Waals surface area contributed by atoms with Gasteiger partial charge in [0.15, 0.2) is 0 Å². The van der Waals surface area contributed by atoms with Crippen molar-refractivity contribution in [3.63, 3.8) is 0 Å². The van der Waals surface area contributed by atoms with Gasteiger partial charge in [-0.2, -0.15) is 0 Å². The Morgan fingerprint density at radius 2 is 2.05 bits per heavy atom. The van der Waals surface area contributed by atoms with E-state index in [-0.39, 0.29) is 12.0 Å². The lowest BCUT2D eigenvalue weighted by molar-refractivity contribution is -0.119. The Hall–Kier alpha value is 0.160. The molecule has 19 heavy (non-hydrogen) atoms. The first-order valence-electron chi connectivity index (χ1n) is 6.06. The number of alkyl halides is 2. The van der Waals surface area contributed by atoms with E-state index >= 15 is 0 Å². The van der Waals surface area contributed by atoms with Crippen molar-refractivity contribution >= 4 is 36.9 Å². The molecular weight excluding hydrogens is 314 g/mol. The van der Waals surface area contributed by atoms with E-state index in [9.17, 15) is 9.36 Å². The SMILES string of the molecule is CC(=O)NCC1CCOP(=O)(N(CCCl)CCCl)O1. The van der Waals surface area contributed by atoms with Crippen molar-refractivity contribution in [3.8, 4) is 0 Å². The van der Waals surface area contributed by atoms with E-state index in [2.05, 4.69) is 5.32 Å². The summed E-state index contributed by atoms with van der Waals surface area (Å²) in [6, 6.07) is 0. The van der Waals surface area contributed by atoms with Crippen LogP contribution in [0.5, 0.6) is 0 Å². The Morgan fingerprint density at radius 1 is 1.42 bits per heavy atom. The predicted molar refractivity (Wildman–Crippen MR) is 74.7 cm³/mol. The molecule has 1 aliphatic rings. The van der Waals surface area contributed by atoms with Gasteiger partial charge in [0.2, 0.25) is 5.91 Å². The highest BCUT2D eigenvalue weighted by atomic mass is 35.5. The quantitative estimate of drug-likeness (QED) is 0.569. The van der Waals surface area contributed by atoms with Crippen LogP contribution in [-0.4, -0.2) is 54.7 Å². The van der Waals surface area contributed by atoms with Crippen molar-refractivity contribution in [2.45, 2.75) is 19.4 Å². The first kappa shape index (κ1) is 17.2. The molecule has 1 N–H and O–H groups in total. The molecule has 0 aromatic rings. The Labute approximate surface area is 123 Å². The molecule has 1 fully saturated rings. The standard InChI is InChI=1S/C10H19Cl2N2O4P/c1-9(15)13-8-10-2-7-17-19(16,18-10)14(5-3-11)6-4-12/h10H,2-8H2,1H3,(H,13,15). The third-order valence-electron chi connectivity index (χ3n) is 2.59. The Kier molecular flexibility index (Phi) is 7.65. The van der Waals surface area contributed by atoms with E-state index in [1.807, 2.05) is 0 Å². The average molecular weight is 333 g/mol. The minimum Gasteiger partial charge on any atom is -0.354 e. The number of hydrogen-bond acceptors (Lipinski definition) is 4. The molecule has 1 saturated heterocycles. The normalized spacial score (nSPS) is 27.5. The highest BCUT2D eigenvalue weighted by Gasteiger charge is 2.39. The number of nitrogens with one attached hydrogen (secondary N) is 1. The number of carbonyl (C=O) groups excluding carboxylic acids is 1. The molecule has 0 spiro atoms. The van der Waals surface area contributed by atoms with Crippen LogP contribution in [0.2, 0.25) is 0 Å². The lowest BCUT2D eigenvalue weighted by Gasteiger charge is -2.35. The monoisotopic (exact) mass is 332 g/mol. The summed E-state index contributed by atoms with van der Waals surface area (Å²) < 4.78 is 25.0. The van der Waals surface area contributed by atoms with E-state index in [0.717, 1.165) is 0 Å². The zero-order valence-electron chi connectivity index (χ0n) is 10.8. The van der Waals surface area contributed by atoms with E-state index < -0.39 is 7.75 Å². The van der Waals surface area contributed by atoms with Crippen LogP contribution in [0.4, 0.5) is 0 Å². The van der Waals surface area contributed by atoms with Gasteiger partial charge in [-0.3, -0.25) is 13.8 Å². The van der Waals surface area contributed by atoms with Crippen molar-refractivity contribution in [2.75, 3.05) is 38.0 Å². The molecular formula is C10H19Cl2N2O4P. The van der Waals surface area contributed by atoms with Gasteiger partial charge in [-0.1, -0.05) is 0 Å². The molecule has 1 aliphatic heterocycles. The fraction of sp³-hybridized carbons (Fsp3) is 0.900. The zero-order chi connectivity index (χ0) is 14.3. The molecule has 1 rings (SSSR count). The van der Waals surface area contributed by atoms with Gasteiger partial charge < -0.3 is 5.32 Å². The zero-order valence-corrected chi connectivity index (χ0v) is 13.2. The number of rotatable bonds is 7. The number of amides is 1. The molecule has 6 nitrogen and oxygen atoms in total. The summed E-state index contributed by atoms with van der Waals surface area (Å²) in [5, 5.41) is 2.64. The molecule has 112 valence electrons. The number of carbonyl (C=O) groups is 1. The van der Waals surface area contributed by atoms with Crippen LogP contribution in [0.25, 0.3) is 0 Å². The highest BCUT2D eigenvalue weighted by molar-refractivity contribution is 7.51. The van der Waals surface area contributed by atoms with Crippen LogP contribution >= 0.6 is 30.9 Å². The van der Waals surface area contributed by atoms with Crippen LogP contribution in [-0.2, 0) is 18.4 Å². The maximum absolute atomic E-state index is 12.6. The fourth-order valence-corrected chi connectivity index (χ4v) is 4.25. The molecule has 1 amide bonds. The highest BCUT2D eigenvalue weighted by Crippen LogP contribution is 2.55. The van der Waals surface area contributed by atoms with Crippen molar-refractivity contribution in [1.29, 1.82) is 0 Å². The van der Waals surface area contributed by atoms with Crippen LogP contribution in [0.3, 0.4) is 0 Å². The molecule has 0 bridgehead atoms. The maximum atomic E-state index is 12.6. The van der Waals surface area contributed by atoms with E-state index in [0.29, 0.717) is 44.4 Å². The van der Waals surface area contributed by atoms with Crippen molar-refractivity contribution in [1.82, 2.24) is 9.99 Å². The second-order valence-corrected chi connectivity index (χ2v) is 6.81. The summed E-state index contributed by atoms with van der Waals surface area (Å²) in [6.45, 7) is 2.81. The van der Waals surface area contributed by atoms with Gasteiger partial charge >= 0.3 is 7.75 Å². The minimum absolute atomic E-state index is 0.150. The van der Waals surface area contributed by atoms with Crippen LogP contribution in [0.1, 0.15) is 13.3 Å². The number of hydrogen-bond donors (Lipinski definition) is 1. The molecule has 0 saturated carbocycles. The molecule has 0 radical (unpaired) electrons. The average Bonchev–Trinajstić information content (AvgIpc) is 2.36. The molecule has 1 heterocycles. The minimum atomic E-state index is -3.36. The second kappa shape index (κ2) is 8.45. The lowest BCUT2D eigenvalue weighted by Crippen LogP contribution is -2.38. The Morgan fingerprint density at radius 3 is 2.58 bits per heavy atom. The summed E-state index contributed by atoms with van der Waals surface area (Å²) in [6.07, 6.45) is 0.261. The topological polar surface area (TPSA) is 67.9 Å². The summed E-state index contributed by atoms with van der Waals surface area (Å²) in [4.78, 5) is 10.9. The van der Waals surface area contributed by atoms with E-state index in [4.69, 9.17) is 32.2 Å². The molecule has 9 heteroatoms. The largest absolute Gasteiger partial charge is 0.408 e. The van der Waals surface area contributed by atoms with Crippen molar-refractivity contribution in [2.24, 2.45) is 0 Å². The van der Waals surface area contributed by atoms with Gasteiger partial charge in [0.1, 0.15) is 0 Å². The van der Waals surface area contributed by atoms with Crippen molar-refractivity contribution in [3.05, 3.63) is 0 Å². The summed E-state index contributed by atoms with van der Waals surface area (Å²) >= 11 is 11.4. The van der Waals surface area contributed by atoms with Gasteiger partial charge in [-0.25, -0.2) is 9.24 Å². The second-order valence-electron chi connectivity index (χ2n) is 4.09. The summed E-state index contributed by atoms with van der Waals surface area (Å²) in [7, 11) is -3.36. The Bertz CT molecular complexity index is 339. The van der Waals surface area contributed by atoms with Gasteiger partial charge in [0.05, 0.1) is 12.7 Å². The van der Waals surface area contributed by atoms with E-state index in [1.54, 1.807) is 0 Å². The third kappa shape index (κ3) is 5.58. The predicted octanol–water partition coefficient (Wildman–Crippen LogP) is 1.82. The smallest absolute Gasteiger partial charge is 0.354 e. The first-order chi connectivity index (χ1) is 9.01. The number of nitrogens with zero attached hydrogens (tertiary/aromatic N) is 1. The summed E-state index contributed by atoms with van der Waals surface area (Å²) in [5.41, 5.74) is 0. The molecule has 0 aromatic carbocycles. The lowest BCUT2D eigenvalue weighted by atomic mass is 10.2. The van der Waals surface area contributed by atoms with Crippen LogP contribution in [0, 0.1) is 0 Å². The number of halogens is 2. The maximum Gasteiger partial charge on any atom is 0.408 e. The molecule has 0 aromatic heterocycles. The molecule has 2 unspecified atom stereocenters. The van der Waals surface area contributed by atoms with Gasteiger partial charge in [0, 0.05) is 38.3 Å². The first-order valence-corrected chi connectivity index (χ1v) is 8.63.